The van der Waals surface area contributed by atoms with Crippen molar-refractivity contribution in [2.24, 2.45) is 0 Å². The summed E-state index contributed by atoms with van der Waals surface area (Å²) in [5.41, 5.74) is 12.1. The highest BCUT2D eigenvalue weighted by atomic mass is 35.5. The van der Waals surface area contributed by atoms with E-state index in [4.69, 9.17) is 5.73 Å². The van der Waals surface area contributed by atoms with E-state index >= 15 is 0 Å². The fourth-order valence-corrected chi connectivity index (χ4v) is 4.56. The van der Waals surface area contributed by atoms with Crippen LogP contribution in [0.2, 0.25) is 0 Å². The lowest BCUT2D eigenvalue weighted by Gasteiger charge is -2.33. The average molecular weight is 465 g/mol. The molecule has 2 heterocycles. The Morgan fingerprint density at radius 1 is 0.935 bits per heavy atom. The van der Waals surface area contributed by atoms with Gasteiger partial charge < -0.3 is 15.5 Å². The lowest BCUT2D eigenvalue weighted by atomic mass is 10.00. The van der Waals surface area contributed by atoms with E-state index in [1.807, 2.05) is 12.1 Å². The first-order valence-corrected chi connectivity index (χ1v) is 10.8. The number of halogens is 2. The summed E-state index contributed by atoms with van der Waals surface area (Å²) in [4.78, 5) is 19.8. The number of benzene rings is 2. The quantitative estimate of drug-likeness (QED) is 0.696. The van der Waals surface area contributed by atoms with Gasteiger partial charge in [0.05, 0.1) is 6.54 Å². The van der Waals surface area contributed by atoms with E-state index in [0.717, 1.165) is 69.9 Å². The maximum absolute atomic E-state index is 13.1. The van der Waals surface area contributed by atoms with Crippen molar-refractivity contribution in [1.82, 2.24) is 9.80 Å². The van der Waals surface area contributed by atoms with Crippen molar-refractivity contribution < 1.29 is 4.79 Å². The van der Waals surface area contributed by atoms with Gasteiger partial charge in [0, 0.05) is 50.6 Å². The summed E-state index contributed by atoms with van der Waals surface area (Å²) in [6, 6.07) is 14.6. The van der Waals surface area contributed by atoms with Crippen molar-refractivity contribution in [2.45, 2.75) is 32.7 Å². The van der Waals surface area contributed by atoms with Crippen LogP contribution in [0.25, 0.3) is 0 Å². The summed E-state index contributed by atoms with van der Waals surface area (Å²) in [5, 5.41) is 0. The Morgan fingerprint density at radius 2 is 1.74 bits per heavy atom. The molecule has 31 heavy (non-hydrogen) atoms. The van der Waals surface area contributed by atoms with E-state index in [-0.39, 0.29) is 30.7 Å². The third-order valence-electron chi connectivity index (χ3n) is 6.31. The number of carbonyl (C=O) groups is 1. The number of rotatable bonds is 4. The number of hydrogen-bond donors (Lipinski definition) is 1. The molecule has 0 saturated carbocycles. The SMILES string of the molecule is Cc1ccccc1CN1CCCN(C(=O)CN2CCCc3c(N)cccc32)CC1.Cl.Cl. The largest absolute Gasteiger partial charge is 0.398 e. The van der Waals surface area contributed by atoms with Crippen LogP contribution < -0.4 is 10.6 Å². The first kappa shape index (κ1) is 25.3. The third kappa shape index (κ3) is 6.06. The van der Waals surface area contributed by atoms with Gasteiger partial charge in [-0.3, -0.25) is 9.69 Å². The molecule has 4 rings (SSSR count). The molecule has 5 nitrogen and oxygen atoms in total. The molecular formula is C24H34Cl2N4O. The molecule has 0 aromatic heterocycles. The number of nitrogens with two attached hydrogens (primary N) is 1. The van der Waals surface area contributed by atoms with Crippen LogP contribution in [-0.2, 0) is 17.8 Å². The number of hydrogen-bond acceptors (Lipinski definition) is 4. The van der Waals surface area contributed by atoms with E-state index in [1.165, 1.54) is 16.7 Å². The van der Waals surface area contributed by atoms with E-state index in [2.05, 4.69) is 52.0 Å². The lowest BCUT2D eigenvalue weighted by Crippen LogP contribution is -2.43. The fraction of sp³-hybridized carbons (Fsp3) is 0.458. The summed E-state index contributed by atoms with van der Waals surface area (Å²) < 4.78 is 0. The van der Waals surface area contributed by atoms with Gasteiger partial charge in [-0.15, -0.1) is 24.8 Å². The molecule has 0 aliphatic carbocycles. The zero-order valence-corrected chi connectivity index (χ0v) is 19.9. The highest BCUT2D eigenvalue weighted by Gasteiger charge is 2.24. The molecule has 170 valence electrons. The van der Waals surface area contributed by atoms with Crippen molar-refractivity contribution in [3.05, 3.63) is 59.2 Å². The molecule has 2 aromatic carbocycles. The van der Waals surface area contributed by atoms with Crippen molar-refractivity contribution in [1.29, 1.82) is 0 Å². The predicted molar refractivity (Wildman–Crippen MR) is 134 cm³/mol. The van der Waals surface area contributed by atoms with Crippen LogP contribution in [-0.4, -0.2) is 55.0 Å². The minimum absolute atomic E-state index is 0. The topological polar surface area (TPSA) is 52.8 Å². The molecule has 1 fully saturated rings. The zero-order chi connectivity index (χ0) is 20.2. The Bertz CT molecular complexity index is 876. The second-order valence-corrected chi connectivity index (χ2v) is 8.31. The van der Waals surface area contributed by atoms with Crippen LogP contribution >= 0.6 is 24.8 Å². The van der Waals surface area contributed by atoms with Gasteiger partial charge in [-0.05, 0) is 55.0 Å². The summed E-state index contributed by atoms with van der Waals surface area (Å²) in [7, 11) is 0. The van der Waals surface area contributed by atoms with Gasteiger partial charge in [-0.25, -0.2) is 0 Å². The molecule has 1 amide bonds. The number of carbonyl (C=O) groups excluding carboxylic acids is 1. The molecule has 0 spiro atoms. The Kier molecular flexibility index (Phi) is 9.48. The van der Waals surface area contributed by atoms with Gasteiger partial charge >= 0.3 is 0 Å². The predicted octanol–water partition coefficient (Wildman–Crippen LogP) is 3.91. The number of anilines is 2. The summed E-state index contributed by atoms with van der Waals surface area (Å²) in [6.45, 7) is 8.15. The van der Waals surface area contributed by atoms with E-state index in [0.29, 0.717) is 6.54 Å². The van der Waals surface area contributed by atoms with Gasteiger partial charge in [0.1, 0.15) is 0 Å². The van der Waals surface area contributed by atoms with Gasteiger partial charge in [0.25, 0.3) is 0 Å². The second kappa shape index (κ2) is 11.6. The minimum Gasteiger partial charge on any atom is -0.398 e. The lowest BCUT2D eigenvalue weighted by molar-refractivity contribution is -0.129. The second-order valence-electron chi connectivity index (χ2n) is 8.31. The van der Waals surface area contributed by atoms with E-state index in [9.17, 15) is 4.79 Å². The van der Waals surface area contributed by atoms with Gasteiger partial charge in [0.2, 0.25) is 5.91 Å². The number of nitrogen functional groups attached to an aromatic ring is 1. The zero-order valence-electron chi connectivity index (χ0n) is 18.3. The van der Waals surface area contributed by atoms with Crippen LogP contribution in [0.1, 0.15) is 29.5 Å². The first-order valence-electron chi connectivity index (χ1n) is 10.8. The number of aryl methyl sites for hydroxylation is 1. The Balaban J connectivity index is 0.00000171. The number of fused-ring (bicyclic) bond motifs is 1. The Labute approximate surface area is 198 Å². The minimum atomic E-state index is 0. The van der Waals surface area contributed by atoms with Gasteiger partial charge in [0.15, 0.2) is 0 Å². The average Bonchev–Trinajstić information content (AvgIpc) is 2.96. The van der Waals surface area contributed by atoms with Crippen molar-refractivity contribution >= 4 is 42.1 Å². The Hall–Kier alpha value is -1.95. The Morgan fingerprint density at radius 3 is 2.55 bits per heavy atom. The van der Waals surface area contributed by atoms with E-state index in [1.54, 1.807) is 0 Å². The highest BCUT2D eigenvalue weighted by molar-refractivity contribution is 5.85. The fourth-order valence-electron chi connectivity index (χ4n) is 4.56. The monoisotopic (exact) mass is 464 g/mol. The standard InChI is InChI=1S/C24H32N4O.2ClH/c1-19-7-2-3-8-20(19)17-26-12-6-14-27(16-15-26)24(29)18-28-13-5-9-21-22(25)10-4-11-23(21)28;;/h2-4,7-8,10-11H,5-6,9,12-18,25H2,1H3;2*1H. The molecule has 0 radical (unpaired) electrons. The maximum Gasteiger partial charge on any atom is 0.242 e. The smallest absolute Gasteiger partial charge is 0.242 e. The van der Waals surface area contributed by atoms with Gasteiger partial charge in [-0.2, -0.15) is 0 Å². The molecule has 7 heteroatoms. The van der Waals surface area contributed by atoms with Gasteiger partial charge in [-0.1, -0.05) is 30.3 Å². The molecule has 1 saturated heterocycles. The molecular weight excluding hydrogens is 431 g/mol. The van der Waals surface area contributed by atoms with Crippen LogP contribution in [0.15, 0.2) is 42.5 Å². The van der Waals surface area contributed by atoms with Crippen LogP contribution in [0.3, 0.4) is 0 Å². The highest BCUT2D eigenvalue weighted by Crippen LogP contribution is 2.31. The third-order valence-corrected chi connectivity index (χ3v) is 6.31. The number of amides is 1. The number of nitrogens with zero attached hydrogens (tertiary/aromatic N) is 3. The van der Waals surface area contributed by atoms with Crippen LogP contribution in [0.5, 0.6) is 0 Å². The van der Waals surface area contributed by atoms with Crippen molar-refractivity contribution in [3.63, 3.8) is 0 Å². The summed E-state index contributed by atoms with van der Waals surface area (Å²) in [5.74, 6) is 0.234. The normalized spacial score (nSPS) is 16.5. The molecule has 2 aliphatic heterocycles. The van der Waals surface area contributed by atoms with Crippen LogP contribution in [0.4, 0.5) is 11.4 Å². The van der Waals surface area contributed by atoms with Crippen LogP contribution in [0, 0.1) is 6.92 Å². The molecule has 0 atom stereocenters. The van der Waals surface area contributed by atoms with Crippen molar-refractivity contribution in [3.8, 4) is 0 Å². The van der Waals surface area contributed by atoms with Crippen molar-refractivity contribution in [2.75, 3.05) is 49.9 Å². The summed E-state index contributed by atoms with van der Waals surface area (Å²) >= 11 is 0. The molecule has 2 aliphatic rings. The first-order chi connectivity index (χ1) is 14.1. The molecule has 2 N–H and O–H groups in total. The van der Waals surface area contributed by atoms with E-state index < -0.39 is 0 Å². The molecule has 0 unspecified atom stereocenters. The summed E-state index contributed by atoms with van der Waals surface area (Å²) in [6.07, 6.45) is 3.09. The molecule has 0 bridgehead atoms. The maximum atomic E-state index is 13.1. The molecule has 2 aromatic rings.